The predicted octanol–water partition coefficient (Wildman–Crippen LogP) is 2.49. The van der Waals surface area contributed by atoms with Crippen molar-refractivity contribution in [2.45, 2.75) is 6.43 Å². The third kappa shape index (κ3) is 2.38. The van der Waals surface area contributed by atoms with Crippen molar-refractivity contribution in [2.75, 3.05) is 0 Å². The molecule has 7 heteroatoms. The van der Waals surface area contributed by atoms with Crippen molar-refractivity contribution in [1.29, 1.82) is 0 Å². The van der Waals surface area contributed by atoms with Crippen LogP contribution in [0.4, 0.5) is 8.78 Å². The lowest BCUT2D eigenvalue weighted by Crippen LogP contribution is -2.15. The lowest BCUT2D eigenvalue weighted by atomic mass is 10.3. The molecule has 0 saturated carbocycles. The number of hydrogen-bond acceptors (Lipinski definition) is 2. The molecule has 0 unspecified atom stereocenters. The Morgan fingerprint density at radius 2 is 2.21 bits per heavy atom. The van der Waals surface area contributed by atoms with E-state index in [1.54, 1.807) is 22.6 Å². The van der Waals surface area contributed by atoms with Gasteiger partial charge in [-0.2, -0.15) is 0 Å². The average molecular weight is 377 g/mol. The van der Waals surface area contributed by atoms with Crippen LogP contribution >= 0.6 is 38.5 Å². The second kappa shape index (κ2) is 4.47. The average Bonchev–Trinajstić information content (AvgIpc) is 2.08. The SMILES string of the molecule is NC(=O)c1cc(Br)c(I)c(C(F)F)n1. The molecule has 0 radical (unpaired) electrons. The number of carbonyl (C=O) groups excluding carboxylic acids is 1. The van der Waals surface area contributed by atoms with E-state index in [1.165, 1.54) is 6.07 Å². The number of amides is 1. The normalized spacial score (nSPS) is 10.6. The van der Waals surface area contributed by atoms with E-state index in [4.69, 9.17) is 5.73 Å². The Balaban J connectivity index is 3.35. The zero-order valence-electron chi connectivity index (χ0n) is 6.60. The van der Waals surface area contributed by atoms with Crippen LogP contribution in [0.2, 0.25) is 0 Å². The molecule has 0 aliphatic heterocycles. The Kier molecular flexibility index (Phi) is 3.76. The van der Waals surface area contributed by atoms with Crippen molar-refractivity contribution in [3.8, 4) is 0 Å². The molecular formula is C7H4BrF2IN2O. The number of pyridine rings is 1. The van der Waals surface area contributed by atoms with Gasteiger partial charge in [0.1, 0.15) is 11.4 Å². The minimum absolute atomic E-state index is 0.174. The van der Waals surface area contributed by atoms with Crippen LogP contribution in [0, 0.1) is 3.57 Å². The lowest BCUT2D eigenvalue weighted by Gasteiger charge is -2.06. The van der Waals surface area contributed by atoms with E-state index in [-0.39, 0.29) is 9.26 Å². The summed E-state index contributed by atoms with van der Waals surface area (Å²) in [7, 11) is 0. The Morgan fingerprint density at radius 3 is 2.64 bits per heavy atom. The molecule has 0 aliphatic rings. The first-order valence-electron chi connectivity index (χ1n) is 3.37. The fraction of sp³-hybridized carbons (Fsp3) is 0.143. The predicted molar refractivity (Wildman–Crippen MR) is 58.1 cm³/mol. The third-order valence-electron chi connectivity index (χ3n) is 1.40. The van der Waals surface area contributed by atoms with E-state index >= 15 is 0 Å². The number of nitrogens with zero attached hydrogens (tertiary/aromatic N) is 1. The number of alkyl halides is 2. The quantitative estimate of drug-likeness (QED) is 0.806. The van der Waals surface area contributed by atoms with E-state index in [1.807, 2.05) is 0 Å². The fourth-order valence-corrected chi connectivity index (χ4v) is 1.72. The van der Waals surface area contributed by atoms with E-state index in [9.17, 15) is 13.6 Å². The summed E-state index contributed by atoms with van der Waals surface area (Å²) >= 11 is 4.76. The number of nitrogens with two attached hydrogens (primary N) is 1. The fourth-order valence-electron chi connectivity index (χ4n) is 0.788. The second-order valence-corrected chi connectivity index (χ2v) is 4.29. The molecular weight excluding hydrogens is 373 g/mol. The van der Waals surface area contributed by atoms with Crippen LogP contribution in [-0.2, 0) is 0 Å². The van der Waals surface area contributed by atoms with Crippen LogP contribution in [0.25, 0.3) is 0 Å². The molecule has 0 bridgehead atoms. The Morgan fingerprint density at radius 1 is 1.64 bits per heavy atom. The molecule has 1 aromatic heterocycles. The first-order chi connectivity index (χ1) is 6.43. The highest BCUT2D eigenvalue weighted by Crippen LogP contribution is 2.28. The number of rotatable bonds is 2. The molecule has 2 N–H and O–H groups in total. The molecule has 0 fully saturated rings. The van der Waals surface area contributed by atoms with Gasteiger partial charge in [-0.05, 0) is 44.6 Å². The van der Waals surface area contributed by atoms with Crippen LogP contribution in [-0.4, -0.2) is 10.9 Å². The number of carbonyl (C=O) groups is 1. The van der Waals surface area contributed by atoms with Crippen LogP contribution in [0.5, 0.6) is 0 Å². The third-order valence-corrected chi connectivity index (χ3v) is 3.90. The number of aromatic nitrogens is 1. The lowest BCUT2D eigenvalue weighted by molar-refractivity contribution is 0.0993. The molecule has 1 amide bonds. The van der Waals surface area contributed by atoms with Gasteiger partial charge in [0.15, 0.2) is 0 Å². The van der Waals surface area contributed by atoms with Gasteiger partial charge < -0.3 is 5.73 Å². The van der Waals surface area contributed by atoms with Crippen molar-refractivity contribution >= 4 is 44.4 Å². The van der Waals surface area contributed by atoms with E-state index < -0.39 is 18.0 Å². The van der Waals surface area contributed by atoms with Crippen molar-refractivity contribution in [3.05, 3.63) is 25.5 Å². The van der Waals surface area contributed by atoms with Crippen molar-refractivity contribution in [2.24, 2.45) is 5.73 Å². The molecule has 14 heavy (non-hydrogen) atoms. The minimum Gasteiger partial charge on any atom is -0.364 e. The van der Waals surface area contributed by atoms with E-state index in [0.717, 1.165) is 0 Å². The highest BCUT2D eigenvalue weighted by Gasteiger charge is 2.18. The molecule has 1 heterocycles. The molecule has 0 aromatic carbocycles. The van der Waals surface area contributed by atoms with E-state index in [2.05, 4.69) is 20.9 Å². The van der Waals surface area contributed by atoms with Gasteiger partial charge in [-0.15, -0.1) is 0 Å². The number of halogens is 4. The summed E-state index contributed by atoms with van der Waals surface area (Å²) in [5.41, 5.74) is 4.32. The van der Waals surface area contributed by atoms with Crippen LogP contribution in [0.3, 0.4) is 0 Å². The summed E-state index contributed by atoms with van der Waals surface area (Å²) in [6, 6.07) is 1.32. The summed E-state index contributed by atoms with van der Waals surface area (Å²) in [6.07, 6.45) is -2.72. The molecule has 0 saturated heterocycles. The topological polar surface area (TPSA) is 56.0 Å². The Bertz CT molecular complexity index is 386. The zero-order chi connectivity index (χ0) is 10.9. The second-order valence-electron chi connectivity index (χ2n) is 2.35. The monoisotopic (exact) mass is 376 g/mol. The molecule has 1 rings (SSSR count). The molecule has 0 aliphatic carbocycles. The summed E-state index contributed by atoms with van der Waals surface area (Å²) in [4.78, 5) is 14.2. The smallest absolute Gasteiger partial charge is 0.281 e. The molecule has 1 aromatic rings. The Labute approximate surface area is 100 Å². The molecule has 76 valence electrons. The van der Waals surface area contributed by atoms with Gasteiger partial charge >= 0.3 is 0 Å². The molecule has 3 nitrogen and oxygen atoms in total. The van der Waals surface area contributed by atoms with Crippen molar-refractivity contribution < 1.29 is 13.6 Å². The summed E-state index contributed by atoms with van der Waals surface area (Å²) < 4.78 is 25.5. The summed E-state index contributed by atoms with van der Waals surface area (Å²) in [5, 5.41) is 0. The van der Waals surface area contributed by atoms with Gasteiger partial charge in [0.05, 0.1) is 3.57 Å². The van der Waals surface area contributed by atoms with Crippen LogP contribution in [0.1, 0.15) is 22.6 Å². The van der Waals surface area contributed by atoms with Crippen molar-refractivity contribution in [3.63, 3.8) is 0 Å². The van der Waals surface area contributed by atoms with Crippen LogP contribution in [0.15, 0.2) is 10.5 Å². The first-order valence-corrected chi connectivity index (χ1v) is 5.24. The van der Waals surface area contributed by atoms with Crippen molar-refractivity contribution in [1.82, 2.24) is 4.98 Å². The Hall–Kier alpha value is -0.310. The highest BCUT2D eigenvalue weighted by molar-refractivity contribution is 14.1. The summed E-state index contributed by atoms with van der Waals surface area (Å²) in [5.74, 6) is -0.830. The van der Waals surface area contributed by atoms with Crippen LogP contribution < -0.4 is 5.73 Å². The van der Waals surface area contributed by atoms with Gasteiger partial charge in [-0.25, -0.2) is 13.8 Å². The minimum atomic E-state index is -2.72. The maximum atomic E-state index is 12.4. The van der Waals surface area contributed by atoms with Gasteiger partial charge in [-0.3, -0.25) is 4.79 Å². The number of hydrogen-bond donors (Lipinski definition) is 1. The standard InChI is InChI=1S/C7H4BrF2IN2O/c8-2-1-3(7(12)14)13-5(4(2)11)6(9)10/h1,6H,(H2,12,14). The largest absolute Gasteiger partial charge is 0.364 e. The van der Waals surface area contributed by atoms with Gasteiger partial charge in [-0.1, -0.05) is 0 Å². The summed E-state index contributed by atoms with van der Waals surface area (Å²) in [6.45, 7) is 0. The van der Waals surface area contributed by atoms with E-state index in [0.29, 0.717) is 4.47 Å². The van der Waals surface area contributed by atoms with Gasteiger partial charge in [0, 0.05) is 4.47 Å². The number of primary amides is 1. The first kappa shape index (κ1) is 11.8. The van der Waals surface area contributed by atoms with Gasteiger partial charge in [0.2, 0.25) is 0 Å². The highest BCUT2D eigenvalue weighted by atomic mass is 127. The molecule has 0 atom stereocenters. The zero-order valence-corrected chi connectivity index (χ0v) is 10.3. The van der Waals surface area contributed by atoms with Gasteiger partial charge in [0.25, 0.3) is 12.3 Å². The maximum absolute atomic E-state index is 12.4. The maximum Gasteiger partial charge on any atom is 0.281 e. The molecule has 0 spiro atoms.